The average molecular weight is 295 g/mol. The Morgan fingerprint density at radius 3 is 2.52 bits per heavy atom. The van der Waals surface area contributed by atoms with Crippen LogP contribution in [0.3, 0.4) is 0 Å². The molecule has 120 valence electrons. The molecule has 1 unspecified atom stereocenters. The SMILES string of the molecule is CCCC1(C(=O)O)CCCN1C(=O)CCC1CCCCC1. The van der Waals surface area contributed by atoms with E-state index in [1.165, 1.54) is 32.1 Å². The third-order valence-electron chi connectivity index (χ3n) is 5.34. The summed E-state index contributed by atoms with van der Waals surface area (Å²) >= 11 is 0. The molecule has 0 aromatic rings. The van der Waals surface area contributed by atoms with Gasteiger partial charge in [0.05, 0.1) is 0 Å². The van der Waals surface area contributed by atoms with Crippen molar-refractivity contribution in [3.8, 4) is 0 Å². The number of hydrogen-bond donors (Lipinski definition) is 1. The number of hydrogen-bond acceptors (Lipinski definition) is 2. The molecule has 1 atom stereocenters. The Labute approximate surface area is 127 Å². The number of carboxylic acid groups (broad SMARTS) is 1. The van der Waals surface area contributed by atoms with Crippen molar-refractivity contribution in [1.82, 2.24) is 4.90 Å². The maximum Gasteiger partial charge on any atom is 0.329 e. The molecule has 0 spiro atoms. The molecule has 0 radical (unpaired) electrons. The Morgan fingerprint density at radius 1 is 1.19 bits per heavy atom. The van der Waals surface area contributed by atoms with E-state index in [1.54, 1.807) is 4.90 Å². The van der Waals surface area contributed by atoms with Crippen LogP contribution in [0, 0.1) is 5.92 Å². The van der Waals surface area contributed by atoms with Crippen LogP contribution in [0.5, 0.6) is 0 Å². The number of carbonyl (C=O) groups is 2. The quantitative estimate of drug-likeness (QED) is 0.814. The lowest BCUT2D eigenvalue weighted by molar-refractivity contribution is -0.157. The van der Waals surface area contributed by atoms with Crippen LogP contribution in [0.15, 0.2) is 0 Å². The highest BCUT2D eigenvalue weighted by Crippen LogP contribution is 2.35. The lowest BCUT2D eigenvalue weighted by atomic mass is 9.85. The van der Waals surface area contributed by atoms with Crippen molar-refractivity contribution in [2.75, 3.05) is 6.54 Å². The second-order valence-electron chi connectivity index (χ2n) is 6.78. The number of carbonyl (C=O) groups excluding carboxylic acids is 1. The van der Waals surface area contributed by atoms with Gasteiger partial charge in [-0.1, -0.05) is 45.4 Å². The molecule has 2 rings (SSSR count). The van der Waals surface area contributed by atoms with Gasteiger partial charge in [-0.25, -0.2) is 4.79 Å². The molecule has 1 heterocycles. The predicted octanol–water partition coefficient (Wildman–Crippen LogP) is 3.59. The molecule has 4 heteroatoms. The summed E-state index contributed by atoms with van der Waals surface area (Å²) in [5.74, 6) is -0.0718. The van der Waals surface area contributed by atoms with Crippen molar-refractivity contribution in [1.29, 1.82) is 0 Å². The third kappa shape index (κ3) is 3.58. The van der Waals surface area contributed by atoms with Gasteiger partial charge in [-0.2, -0.15) is 0 Å². The first-order chi connectivity index (χ1) is 10.1. The van der Waals surface area contributed by atoms with Crippen molar-refractivity contribution in [3.63, 3.8) is 0 Å². The first-order valence-corrected chi connectivity index (χ1v) is 8.64. The van der Waals surface area contributed by atoms with Crippen LogP contribution in [0.1, 0.15) is 77.6 Å². The van der Waals surface area contributed by atoms with Gasteiger partial charge in [0.2, 0.25) is 5.91 Å². The molecule has 1 amide bonds. The van der Waals surface area contributed by atoms with Crippen molar-refractivity contribution < 1.29 is 14.7 Å². The second kappa shape index (κ2) is 7.28. The molecule has 2 aliphatic rings. The van der Waals surface area contributed by atoms with E-state index in [1.807, 2.05) is 6.92 Å². The van der Waals surface area contributed by atoms with E-state index in [0.29, 0.717) is 31.7 Å². The van der Waals surface area contributed by atoms with E-state index in [0.717, 1.165) is 19.3 Å². The van der Waals surface area contributed by atoms with Gasteiger partial charge in [-0.15, -0.1) is 0 Å². The van der Waals surface area contributed by atoms with Crippen molar-refractivity contribution in [2.45, 2.75) is 83.1 Å². The minimum absolute atomic E-state index is 0.0638. The maximum absolute atomic E-state index is 12.5. The van der Waals surface area contributed by atoms with E-state index in [4.69, 9.17) is 0 Å². The molecule has 1 saturated heterocycles. The smallest absolute Gasteiger partial charge is 0.329 e. The van der Waals surface area contributed by atoms with Gasteiger partial charge in [0.1, 0.15) is 5.54 Å². The minimum atomic E-state index is -0.918. The zero-order chi connectivity index (χ0) is 15.3. The molecule has 1 aliphatic carbocycles. The molecule has 1 N–H and O–H groups in total. The minimum Gasteiger partial charge on any atom is -0.479 e. The highest BCUT2D eigenvalue weighted by molar-refractivity contribution is 5.87. The van der Waals surface area contributed by atoms with Gasteiger partial charge in [0, 0.05) is 13.0 Å². The van der Waals surface area contributed by atoms with Crippen LogP contribution in [-0.4, -0.2) is 34.0 Å². The van der Waals surface area contributed by atoms with Gasteiger partial charge in [0.25, 0.3) is 0 Å². The highest BCUT2D eigenvalue weighted by Gasteiger charge is 2.48. The standard InChI is InChI=1S/C17H29NO3/c1-2-11-17(16(20)21)12-6-13-18(17)15(19)10-9-14-7-4-3-5-8-14/h14H,2-13H2,1H3,(H,20,21). The van der Waals surface area contributed by atoms with Gasteiger partial charge in [-0.05, 0) is 31.6 Å². The summed E-state index contributed by atoms with van der Waals surface area (Å²) in [6.07, 6.45) is 10.7. The van der Waals surface area contributed by atoms with E-state index < -0.39 is 11.5 Å². The number of aliphatic carboxylic acids is 1. The summed E-state index contributed by atoms with van der Waals surface area (Å²) in [5, 5.41) is 9.64. The third-order valence-corrected chi connectivity index (χ3v) is 5.34. The van der Waals surface area contributed by atoms with E-state index in [9.17, 15) is 14.7 Å². The van der Waals surface area contributed by atoms with Crippen LogP contribution in [0.4, 0.5) is 0 Å². The fourth-order valence-electron chi connectivity index (χ4n) is 4.18. The Bertz CT molecular complexity index is 376. The molecule has 0 aromatic heterocycles. The molecular formula is C17H29NO3. The van der Waals surface area contributed by atoms with Gasteiger partial charge < -0.3 is 10.0 Å². The highest BCUT2D eigenvalue weighted by atomic mass is 16.4. The van der Waals surface area contributed by atoms with E-state index in [2.05, 4.69) is 0 Å². The molecule has 21 heavy (non-hydrogen) atoms. The molecular weight excluding hydrogens is 266 g/mol. The van der Waals surface area contributed by atoms with Gasteiger partial charge >= 0.3 is 5.97 Å². The number of amides is 1. The predicted molar refractivity (Wildman–Crippen MR) is 82.0 cm³/mol. The van der Waals surface area contributed by atoms with Crippen LogP contribution in [0.25, 0.3) is 0 Å². The first-order valence-electron chi connectivity index (χ1n) is 8.64. The van der Waals surface area contributed by atoms with Crippen molar-refractivity contribution in [3.05, 3.63) is 0 Å². The van der Waals surface area contributed by atoms with Crippen LogP contribution < -0.4 is 0 Å². The topological polar surface area (TPSA) is 57.6 Å². The molecule has 2 fully saturated rings. The van der Waals surface area contributed by atoms with Crippen LogP contribution >= 0.6 is 0 Å². The number of nitrogens with zero attached hydrogens (tertiary/aromatic N) is 1. The second-order valence-corrected chi connectivity index (χ2v) is 6.78. The molecule has 0 bridgehead atoms. The summed E-state index contributed by atoms with van der Waals surface area (Å²) in [6.45, 7) is 2.61. The number of carboxylic acids is 1. The number of rotatable bonds is 6. The summed E-state index contributed by atoms with van der Waals surface area (Å²) < 4.78 is 0. The molecule has 1 aliphatic heterocycles. The Morgan fingerprint density at radius 2 is 1.90 bits per heavy atom. The zero-order valence-corrected chi connectivity index (χ0v) is 13.3. The molecule has 0 aromatic carbocycles. The Hall–Kier alpha value is -1.06. The summed E-state index contributed by atoms with van der Waals surface area (Å²) in [6, 6.07) is 0. The first kappa shape index (κ1) is 16.3. The fourth-order valence-corrected chi connectivity index (χ4v) is 4.18. The van der Waals surface area contributed by atoms with Crippen LogP contribution in [-0.2, 0) is 9.59 Å². The lowest BCUT2D eigenvalue weighted by Crippen LogP contribution is -2.53. The lowest BCUT2D eigenvalue weighted by Gasteiger charge is -2.35. The molecule has 4 nitrogen and oxygen atoms in total. The Balaban J connectivity index is 1.94. The van der Waals surface area contributed by atoms with Gasteiger partial charge in [-0.3, -0.25) is 4.79 Å². The summed E-state index contributed by atoms with van der Waals surface area (Å²) in [5.41, 5.74) is -0.918. The monoisotopic (exact) mass is 295 g/mol. The van der Waals surface area contributed by atoms with Gasteiger partial charge in [0.15, 0.2) is 0 Å². The number of likely N-dealkylation sites (tertiary alicyclic amines) is 1. The zero-order valence-electron chi connectivity index (χ0n) is 13.3. The van der Waals surface area contributed by atoms with Crippen molar-refractivity contribution in [2.24, 2.45) is 5.92 Å². The Kier molecular flexibility index (Phi) is 5.65. The van der Waals surface area contributed by atoms with Crippen molar-refractivity contribution >= 4 is 11.9 Å². The van der Waals surface area contributed by atoms with E-state index >= 15 is 0 Å². The normalized spacial score (nSPS) is 27.0. The summed E-state index contributed by atoms with van der Waals surface area (Å²) in [4.78, 5) is 26.0. The average Bonchev–Trinajstić information content (AvgIpc) is 2.91. The van der Waals surface area contributed by atoms with E-state index in [-0.39, 0.29) is 5.91 Å². The van der Waals surface area contributed by atoms with Crippen LogP contribution in [0.2, 0.25) is 0 Å². The fraction of sp³-hybridized carbons (Fsp3) is 0.882. The summed E-state index contributed by atoms with van der Waals surface area (Å²) in [7, 11) is 0. The largest absolute Gasteiger partial charge is 0.479 e. The maximum atomic E-state index is 12.5. The molecule has 1 saturated carbocycles.